The van der Waals surface area contributed by atoms with Crippen LogP contribution in [0, 0.1) is 10.7 Å². The second kappa shape index (κ2) is 4.54. The lowest BCUT2D eigenvalue weighted by molar-refractivity contribution is 0.0503. The number of nitriles is 1. The summed E-state index contributed by atoms with van der Waals surface area (Å²) in [6.45, 7) is 2.59. The molecule has 1 aliphatic heterocycles. The molecule has 2 rings (SSSR count). The number of thiocyanates is 1. The first kappa shape index (κ1) is 12.8. The van der Waals surface area contributed by atoms with Crippen molar-refractivity contribution in [3.8, 4) is 5.40 Å². The fourth-order valence-corrected chi connectivity index (χ4v) is 2.50. The molecule has 1 fully saturated rings. The van der Waals surface area contributed by atoms with Crippen molar-refractivity contribution >= 4 is 15.8 Å². The molecule has 0 amide bonds. The topological polar surface area (TPSA) is 99.6 Å². The standard InChI is InChI=1S/C8H13N7O2S/c1-3-13-7-14(18(16,17)5-9)15(12(13)2)8-4-10-6-11-8/h4,6H,3,7H2,1-2H3,(H,10,11). The van der Waals surface area contributed by atoms with E-state index in [1.54, 1.807) is 17.2 Å². The van der Waals surface area contributed by atoms with E-state index >= 15 is 0 Å². The predicted octanol–water partition coefficient (Wildman–Crippen LogP) is -0.701. The Balaban J connectivity index is 2.42. The van der Waals surface area contributed by atoms with Gasteiger partial charge in [-0.25, -0.2) is 9.99 Å². The molecular formula is C8H13N7O2S. The Morgan fingerprint density at radius 2 is 2.33 bits per heavy atom. The highest BCUT2D eigenvalue weighted by atomic mass is 32.2. The third kappa shape index (κ3) is 1.93. The molecule has 0 spiro atoms. The average molecular weight is 271 g/mol. The van der Waals surface area contributed by atoms with Crippen molar-refractivity contribution in [3.63, 3.8) is 0 Å². The number of hydrogen-bond donors (Lipinski definition) is 1. The van der Waals surface area contributed by atoms with Crippen LogP contribution in [0.4, 0.5) is 5.82 Å². The Morgan fingerprint density at radius 3 is 2.83 bits per heavy atom. The van der Waals surface area contributed by atoms with Gasteiger partial charge in [-0.15, -0.1) is 5.12 Å². The van der Waals surface area contributed by atoms with E-state index in [0.717, 1.165) is 4.41 Å². The highest BCUT2D eigenvalue weighted by molar-refractivity contribution is 7.93. The fourth-order valence-electron chi connectivity index (χ4n) is 1.72. The molecule has 9 nitrogen and oxygen atoms in total. The molecular weight excluding hydrogens is 258 g/mol. The van der Waals surface area contributed by atoms with Gasteiger partial charge in [0, 0.05) is 13.6 Å². The second-order valence-corrected chi connectivity index (χ2v) is 5.15. The van der Waals surface area contributed by atoms with Gasteiger partial charge in [0.05, 0.1) is 12.5 Å². The first-order valence-electron chi connectivity index (χ1n) is 5.21. The van der Waals surface area contributed by atoms with E-state index in [9.17, 15) is 8.42 Å². The summed E-state index contributed by atoms with van der Waals surface area (Å²) in [5.41, 5.74) is 0. The zero-order chi connectivity index (χ0) is 13.3. The smallest absolute Gasteiger partial charge is 0.327 e. The van der Waals surface area contributed by atoms with E-state index in [-0.39, 0.29) is 6.67 Å². The summed E-state index contributed by atoms with van der Waals surface area (Å²) >= 11 is 0. The summed E-state index contributed by atoms with van der Waals surface area (Å²) < 4.78 is 24.5. The van der Waals surface area contributed by atoms with Crippen LogP contribution in [0.15, 0.2) is 12.5 Å². The van der Waals surface area contributed by atoms with Crippen molar-refractivity contribution in [3.05, 3.63) is 12.5 Å². The third-order valence-corrected chi connectivity index (χ3v) is 3.69. The Morgan fingerprint density at radius 1 is 1.61 bits per heavy atom. The number of anilines is 1. The third-order valence-electron chi connectivity index (χ3n) is 2.64. The van der Waals surface area contributed by atoms with E-state index in [0.29, 0.717) is 12.4 Å². The summed E-state index contributed by atoms with van der Waals surface area (Å²) in [4.78, 5) is 6.66. The van der Waals surface area contributed by atoms with Crippen LogP contribution in [0.5, 0.6) is 0 Å². The summed E-state index contributed by atoms with van der Waals surface area (Å²) in [7, 11) is -2.31. The van der Waals surface area contributed by atoms with Crippen molar-refractivity contribution < 1.29 is 8.42 Å². The average Bonchev–Trinajstić information content (AvgIpc) is 2.96. The minimum atomic E-state index is -4.02. The largest absolute Gasteiger partial charge is 0.329 e. The van der Waals surface area contributed by atoms with Crippen LogP contribution in [0.25, 0.3) is 0 Å². The number of hydrogen-bond acceptors (Lipinski definition) is 7. The van der Waals surface area contributed by atoms with Crippen molar-refractivity contribution in [1.82, 2.24) is 24.5 Å². The van der Waals surface area contributed by atoms with E-state index < -0.39 is 10.0 Å². The molecule has 1 aliphatic rings. The van der Waals surface area contributed by atoms with Crippen molar-refractivity contribution in [2.45, 2.75) is 6.92 Å². The zero-order valence-corrected chi connectivity index (χ0v) is 10.8. The molecule has 0 atom stereocenters. The molecule has 0 aliphatic carbocycles. The number of nitrogens with one attached hydrogen (secondary N) is 1. The van der Waals surface area contributed by atoms with Crippen molar-refractivity contribution in [2.75, 3.05) is 25.4 Å². The normalized spacial score (nSPS) is 19.3. The molecule has 1 N–H and O–H groups in total. The summed E-state index contributed by atoms with van der Waals surface area (Å²) in [6, 6.07) is 0. The van der Waals surface area contributed by atoms with Gasteiger partial charge in [0.1, 0.15) is 6.67 Å². The Kier molecular flexibility index (Phi) is 3.22. The predicted molar refractivity (Wildman–Crippen MR) is 62.4 cm³/mol. The van der Waals surface area contributed by atoms with E-state index in [4.69, 9.17) is 5.26 Å². The van der Waals surface area contributed by atoms with E-state index in [2.05, 4.69) is 9.97 Å². The lowest BCUT2D eigenvalue weighted by Gasteiger charge is -2.29. The monoisotopic (exact) mass is 271 g/mol. The highest BCUT2D eigenvalue weighted by Gasteiger charge is 2.41. The van der Waals surface area contributed by atoms with Gasteiger partial charge in [-0.3, -0.25) is 0 Å². The number of aromatic nitrogens is 2. The Labute approximate surface area is 105 Å². The van der Waals surface area contributed by atoms with Crippen LogP contribution >= 0.6 is 0 Å². The van der Waals surface area contributed by atoms with E-state index in [1.807, 2.05) is 6.92 Å². The molecule has 0 saturated carbocycles. The van der Waals surface area contributed by atoms with Gasteiger partial charge in [0.25, 0.3) is 0 Å². The molecule has 0 aromatic carbocycles. The van der Waals surface area contributed by atoms with Gasteiger partial charge in [-0.2, -0.15) is 18.8 Å². The maximum atomic E-state index is 11.7. The maximum absolute atomic E-state index is 11.7. The molecule has 1 aromatic heterocycles. The number of sulfonamides is 1. The first-order chi connectivity index (χ1) is 8.51. The van der Waals surface area contributed by atoms with Gasteiger partial charge in [-0.05, 0) is 0 Å². The molecule has 2 heterocycles. The summed E-state index contributed by atoms with van der Waals surface area (Å²) in [6.07, 6.45) is 2.92. The van der Waals surface area contributed by atoms with Crippen molar-refractivity contribution in [1.29, 1.82) is 5.26 Å². The number of H-pyrrole nitrogens is 1. The lowest BCUT2D eigenvalue weighted by atomic mass is 10.7. The van der Waals surface area contributed by atoms with Gasteiger partial charge >= 0.3 is 10.0 Å². The summed E-state index contributed by atoms with van der Waals surface area (Å²) in [5.74, 6) is 0.465. The van der Waals surface area contributed by atoms with Crippen LogP contribution < -0.4 is 5.12 Å². The fraction of sp³-hybridized carbons (Fsp3) is 0.500. The van der Waals surface area contributed by atoms with Gasteiger partial charge in [0.2, 0.25) is 5.40 Å². The molecule has 1 aromatic rings. The SMILES string of the molecule is CCN1CN(S(=O)(=O)C#N)N(c2cnc[nH]2)N1C. The van der Waals surface area contributed by atoms with Crippen LogP contribution in [0.2, 0.25) is 0 Å². The molecule has 0 unspecified atom stereocenters. The van der Waals surface area contributed by atoms with Crippen LogP contribution in [0.3, 0.4) is 0 Å². The molecule has 10 heteroatoms. The molecule has 98 valence electrons. The van der Waals surface area contributed by atoms with Gasteiger partial charge in [0.15, 0.2) is 5.82 Å². The number of imidazole rings is 1. The maximum Gasteiger partial charge on any atom is 0.327 e. The quantitative estimate of drug-likeness (QED) is 0.573. The number of nitrogens with zero attached hydrogens (tertiary/aromatic N) is 6. The highest BCUT2D eigenvalue weighted by Crippen LogP contribution is 2.24. The minimum Gasteiger partial charge on any atom is -0.329 e. The number of aromatic amines is 1. The molecule has 18 heavy (non-hydrogen) atoms. The Bertz CT molecular complexity index is 549. The zero-order valence-electron chi connectivity index (χ0n) is 9.98. The first-order valence-corrected chi connectivity index (χ1v) is 6.65. The lowest BCUT2D eigenvalue weighted by Crippen LogP contribution is -2.47. The number of hydrazine groups is 3. The second-order valence-electron chi connectivity index (χ2n) is 3.60. The van der Waals surface area contributed by atoms with Crippen LogP contribution in [-0.2, 0) is 10.0 Å². The van der Waals surface area contributed by atoms with Gasteiger partial charge < -0.3 is 4.98 Å². The minimum absolute atomic E-state index is 0.0852. The number of rotatable bonds is 3. The van der Waals surface area contributed by atoms with Gasteiger partial charge in [-0.1, -0.05) is 11.3 Å². The Hall–Kier alpha value is -1.67. The summed E-state index contributed by atoms with van der Waals surface area (Å²) in [5, 5.41) is 14.8. The van der Waals surface area contributed by atoms with Crippen LogP contribution in [-0.4, -0.2) is 53.2 Å². The molecule has 0 bridgehead atoms. The molecule has 0 radical (unpaired) electrons. The molecule has 1 saturated heterocycles. The van der Waals surface area contributed by atoms with Crippen LogP contribution in [0.1, 0.15) is 6.92 Å². The van der Waals surface area contributed by atoms with Crippen molar-refractivity contribution in [2.24, 2.45) is 0 Å². The van der Waals surface area contributed by atoms with E-state index in [1.165, 1.54) is 23.0 Å².